The van der Waals surface area contributed by atoms with Crippen molar-refractivity contribution in [2.45, 2.75) is 45.2 Å². The van der Waals surface area contributed by atoms with Crippen molar-refractivity contribution < 1.29 is 0 Å². The summed E-state index contributed by atoms with van der Waals surface area (Å²) < 4.78 is 0. The van der Waals surface area contributed by atoms with Gasteiger partial charge in [0.25, 0.3) is 0 Å². The normalized spacial score (nSPS) is 14.4. The van der Waals surface area contributed by atoms with E-state index in [1.807, 2.05) is 6.07 Å². The first kappa shape index (κ1) is 13.4. The van der Waals surface area contributed by atoms with Crippen LogP contribution in [-0.4, -0.2) is 16.0 Å². The van der Waals surface area contributed by atoms with Crippen LogP contribution in [0.25, 0.3) is 0 Å². The molecule has 0 amide bonds. The summed E-state index contributed by atoms with van der Waals surface area (Å²) >= 11 is 1.74. The van der Waals surface area contributed by atoms with E-state index in [4.69, 9.17) is 10.7 Å². The molecule has 0 aromatic carbocycles. The van der Waals surface area contributed by atoms with Gasteiger partial charge in [-0.3, -0.25) is 0 Å². The van der Waals surface area contributed by atoms with Crippen molar-refractivity contribution in [3.8, 4) is 0 Å². The highest BCUT2D eigenvalue weighted by Crippen LogP contribution is 2.33. The predicted octanol–water partition coefficient (Wildman–Crippen LogP) is 3.24. The van der Waals surface area contributed by atoms with E-state index in [0.717, 1.165) is 31.0 Å². The second-order valence-corrected chi connectivity index (χ2v) is 6.09. The topological polar surface area (TPSA) is 55.0 Å². The number of hydrogen-bond donors (Lipinski definition) is 1. The average molecular weight is 288 g/mol. The molecule has 0 unspecified atom stereocenters. The van der Waals surface area contributed by atoms with Gasteiger partial charge in [0.1, 0.15) is 17.5 Å². The average Bonchev–Trinajstić information content (AvgIpc) is 3.12. The molecule has 0 saturated heterocycles. The van der Waals surface area contributed by atoms with E-state index in [9.17, 15) is 0 Å². The Bertz CT molecular complexity index is 563. The molecule has 5 heteroatoms. The minimum absolute atomic E-state index is 0.578. The molecular formula is C15H20N4S. The molecule has 3 rings (SSSR count). The molecule has 1 aliphatic carbocycles. The maximum Gasteiger partial charge on any atom is 0.134 e. The highest BCUT2D eigenvalue weighted by Gasteiger charge is 2.30. The van der Waals surface area contributed by atoms with Gasteiger partial charge in [-0.05, 0) is 41.7 Å². The zero-order chi connectivity index (χ0) is 13.9. The summed E-state index contributed by atoms with van der Waals surface area (Å²) in [4.78, 5) is 11.4. The van der Waals surface area contributed by atoms with Crippen molar-refractivity contribution in [1.29, 1.82) is 0 Å². The summed E-state index contributed by atoms with van der Waals surface area (Å²) in [5.41, 5.74) is 7.29. The SMILES string of the molecule is CCCc1nc(N)cc(N(Cc2ccsc2)C2CC2)n1. The lowest BCUT2D eigenvalue weighted by molar-refractivity contribution is 0.759. The van der Waals surface area contributed by atoms with Crippen LogP contribution in [0.2, 0.25) is 0 Å². The highest BCUT2D eigenvalue weighted by molar-refractivity contribution is 7.07. The Morgan fingerprint density at radius 2 is 2.25 bits per heavy atom. The Hall–Kier alpha value is -1.62. The third-order valence-corrected chi connectivity index (χ3v) is 4.20. The second-order valence-electron chi connectivity index (χ2n) is 5.31. The monoisotopic (exact) mass is 288 g/mol. The van der Waals surface area contributed by atoms with Gasteiger partial charge >= 0.3 is 0 Å². The number of nitrogen functional groups attached to an aromatic ring is 1. The van der Waals surface area contributed by atoms with Crippen LogP contribution in [0, 0.1) is 0 Å². The summed E-state index contributed by atoms with van der Waals surface area (Å²) in [5.74, 6) is 2.42. The van der Waals surface area contributed by atoms with Crippen molar-refractivity contribution in [3.05, 3.63) is 34.3 Å². The smallest absolute Gasteiger partial charge is 0.134 e. The number of rotatable bonds is 6. The molecule has 0 aliphatic heterocycles. The third kappa shape index (κ3) is 3.10. The standard InChI is InChI=1S/C15H20N4S/c1-2-3-14-17-13(16)8-15(18-14)19(12-4-5-12)9-11-6-7-20-10-11/h6-8,10,12H,2-5,9H2,1H3,(H2,16,17,18). The Kier molecular flexibility index (Phi) is 3.87. The van der Waals surface area contributed by atoms with Crippen LogP contribution < -0.4 is 10.6 Å². The van der Waals surface area contributed by atoms with Crippen molar-refractivity contribution >= 4 is 23.0 Å². The molecule has 20 heavy (non-hydrogen) atoms. The van der Waals surface area contributed by atoms with Gasteiger partial charge in [-0.25, -0.2) is 9.97 Å². The predicted molar refractivity (Wildman–Crippen MR) is 84.0 cm³/mol. The molecule has 2 aromatic heterocycles. The number of aryl methyl sites for hydroxylation is 1. The molecule has 106 valence electrons. The lowest BCUT2D eigenvalue weighted by Gasteiger charge is -2.23. The molecule has 4 nitrogen and oxygen atoms in total. The van der Waals surface area contributed by atoms with Crippen LogP contribution in [0.3, 0.4) is 0 Å². The van der Waals surface area contributed by atoms with Crippen molar-refractivity contribution in [2.75, 3.05) is 10.6 Å². The Morgan fingerprint density at radius 3 is 2.90 bits per heavy atom. The highest BCUT2D eigenvalue weighted by atomic mass is 32.1. The van der Waals surface area contributed by atoms with Gasteiger partial charge in [0.2, 0.25) is 0 Å². The molecule has 0 spiro atoms. The van der Waals surface area contributed by atoms with Gasteiger partial charge in [0, 0.05) is 25.1 Å². The fourth-order valence-electron chi connectivity index (χ4n) is 2.35. The first-order valence-electron chi connectivity index (χ1n) is 7.17. The molecule has 2 aromatic rings. The lowest BCUT2D eigenvalue weighted by Crippen LogP contribution is -2.26. The Labute approximate surface area is 123 Å². The fraction of sp³-hybridized carbons (Fsp3) is 0.467. The summed E-state index contributed by atoms with van der Waals surface area (Å²) in [5, 5.41) is 4.32. The molecule has 1 fully saturated rings. The first-order chi connectivity index (χ1) is 9.76. The molecule has 0 bridgehead atoms. The number of anilines is 2. The Balaban J connectivity index is 1.86. The third-order valence-electron chi connectivity index (χ3n) is 3.47. The van der Waals surface area contributed by atoms with Crippen molar-refractivity contribution in [2.24, 2.45) is 0 Å². The van der Waals surface area contributed by atoms with Gasteiger partial charge in [-0.15, -0.1) is 0 Å². The van der Waals surface area contributed by atoms with E-state index >= 15 is 0 Å². The maximum absolute atomic E-state index is 5.95. The van der Waals surface area contributed by atoms with E-state index in [1.165, 1.54) is 18.4 Å². The zero-order valence-electron chi connectivity index (χ0n) is 11.7. The zero-order valence-corrected chi connectivity index (χ0v) is 12.6. The van der Waals surface area contributed by atoms with Crippen LogP contribution >= 0.6 is 11.3 Å². The molecule has 0 atom stereocenters. The lowest BCUT2D eigenvalue weighted by atomic mass is 10.3. The number of hydrogen-bond acceptors (Lipinski definition) is 5. The summed E-state index contributed by atoms with van der Waals surface area (Å²) in [6, 6.07) is 4.69. The minimum atomic E-state index is 0.578. The van der Waals surface area contributed by atoms with Crippen LogP contribution in [0.4, 0.5) is 11.6 Å². The quantitative estimate of drug-likeness (QED) is 0.886. The molecule has 2 heterocycles. The van der Waals surface area contributed by atoms with E-state index in [0.29, 0.717) is 11.9 Å². The molecule has 2 N–H and O–H groups in total. The summed E-state index contributed by atoms with van der Waals surface area (Å²) in [7, 11) is 0. The molecule has 1 saturated carbocycles. The molecule has 1 aliphatic rings. The van der Waals surface area contributed by atoms with Crippen molar-refractivity contribution in [1.82, 2.24) is 9.97 Å². The van der Waals surface area contributed by atoms with Gasteiger partial charge in [0.15, 0.2) is 0 Å². The molecule has 0 radical (unpaired) electrons. The molecular weight excluding hydrogens is 268 g/mol. The van der Waals surface area contributed by atoms with Gasteiger partial charge < -0.3 is 10.6 Å². The van der Waals surface area contributed by atoms with Crippen LogP contribution in [0.5, 0.6) is 0 Å². The van der Waals surface area contributed by atoms with Gasteiger partial charge in [0.05, 0.1) is 0 Å². The summed E-state index contributed by atoms with van der Waals surface area (Å²) in [6.45, 7) is 3.05. The van der Waals surface area contributed by atoms with Crippen LogP contribution in [0.15, 0.2) is 22.9 Å². The second kappa shape index (κ2) is 5.79. The maximum atomic E-state index is 5.95. The van der Waals surface area contributed by atoms with Crippen molar-refractivity contribution in [3.63, 3.8) is 0 Å². The number of thiophene rings is 1. The van der Waals surface area contributed by atoms with E-state index in [2.05, 4.69) is 33.6 Å². The van der Waals surface area contributed by atoms with Crippen LogP contribution in [0.1, 0.15) is 37.6 Å². The largest absolute Gasteiger partial charge is 0.384 e. The number of nitrogens with zero attached hydrogens (tertiary/aromatic N) is 3. The summed E-state index contributed by atoms with van der Waals surface area (Å²) in [6.07, 6.45) is 4.42. The minimum Gasteiger partial charge on any atom is -0.384 e. The first-order valence-corrected chi connectivity index (χ1v) is 8.11. The van der Waals surface area contributed by atoms with Crippen LogP contribution in [-0.2, 0) is 13.0 Å². The Morgan fingerprint density at radius 1 is 1.40 bits per heavy atom. The van der Waals surface area contributed by atoms with Gasteiger partial charge in [-0.1, -0.05) is 6.92 Å². The van der Waals surface area contributed by atoms with E-state index in [1.54, 1.807) is 11.3 Å². The van der Waals surface area contributed by atoms with E-state index < -0.39 is 0 Å². The number of nitrogens with two attached hydrogens (primary N) is 1. The van der Waals surface area contributed by atoms with Gasteiger partial charge in [-0.2, -0.15) is 11.3 Å². The van der Waals surface area contributed by atoms with E-state index in [-0.39, 0.29) is 0 Å². The fourth-order valence-corrected chi connectivity index (χ4v) is 3.01. The number of aromatic nitrogens is 2.